The Morgan fingerprint density at radius 2 is 1.86 bits per heavy atom. The van der Waals surface area contributed by atoms with Crippen LogP contribution in [0.3, 0.4) is 0 Å². The van der Waals surface area contributed by atoms with Crippen LogP contribution < -0.4 is 9.47 Å². The number of nitrogens with zero attached hydrogens (tertiary/aromatic N) is 1. The van der Waals surface area contributed by atoms with E-state index >= 15 is 0 Å². The van der Waals surface area contributed by atoms with Crippen molar-refractivity contribution in [1.29, 1.82) is 0 Å². The molecule has 1 fully saturated rings. The second kappa shape index (κ2) is 8.10. The van der Waals surface area contributed by atoms with Crippen molar-refractivity contribution >= 4 is 18.4 Å². The fourth-order valence-electron chi connectivity index (χ4n) is 2.58. The van der Waals surface area contributed by atoms with Crippen LogP contribution in [0.4, 0.5) is 0 Å². The van der Waals surface area contributed by atoms with Gasteiger partial charge in [-0.2, -0.15) is 0 Å². The highest BCUT2D eigenvalue weighted by Gasteiger charge is 2.24. The van der Waals surface area contributed by atoms with Gasteiger partial charge < -0.3 is 14.6 Å². The summed E-state index contributed by atoms with van der Waals surface area (Å²) in [4.78, 5) is 13.2. The molecule has 21 heavy (non-hydrogen) atoms. The predicted molar refractivity (Wildman–Crippen MR) is 82.4 cm³/mol. The van der Waals surface area contributed by atoms with E-state index < -0.39 is 5.97 Å². The monoisotopic (exact) mass is 315 g/mol. The molecule has 0 atom stereocenters. The summed E-state index contributed by atoms with van der Waals surface area (Å²) in [5.41, 5.74) is 1.15. The van der Waals surface area contributed by atoms with Gasteiger partial charge in [0.05, 0.1) is 20.1 Å². The molecule has 6 heteroatoms. The van der Waals surface area contributed by atoms with Gasteiger partial charge in [0.25, 0.3) is 0 Å². The van der Waals surface area contributed by atoms with Gasteiger partial charge in [-0.05, 0) is 43.6 Å². The Kier molecular flexibility index (Phi) is 6.78. The van der Waals surface area contributed by atoms with E-state index in [1.807, 2.05) is 18.2 Å². The standard InChI is InChI=1S/C15H21NO4.ClH/c1-19-13-4-3-11(9-14(13)20-2)10-16-7-5-12(6-8-16)15(17)18;/h3-4,9,12H,5-8,10H2,1-2H3,(H,17,18);1H. The van der Waals surface area contributed by atoms with Crippen molar-refractivity contribution in [3.63, 3.8) is 0 Å². The van der Waals surface area contributed by atoms with Crippen molar-refractivity contribution in [2.45, 2.75) is 19.4 Å². The van der Waals surface area contributed by atoms with Crippen molar-refractivity contribution < 1.29 is 19.4 Å². The maximum absolute atomic E-state index is 10.9. The first-order valence-corrected chi connectivity index (χ1v) is 6.80. The average Bonchev–Trinajstić information content (AvgIpc) is 2.47. The third-order valence-electron chi connectivity index (χ3n) is 3.79. The largest absolute Gasteiger partial charge is 0.493 e. The normalized spacial score (nSPS) is 16.1. The second-order valence-corrected chi connectivity index (χ2v) is 5.08. The number of aliphatic carboxylic acids is 1. The number of carboxylic acid groups (broad SMARTS) is 1. The van der Waals surface area contributed by atoms with Gasteiger partial charge in [-0.15, -0.1) is 12.4 Å². The van der Waals surface area contributed by atoms with Crippen LogP contribution in [0.25, 0.3) is 0 Å². The molecule has 1 N–H and O–H groups in total. The van der Waals surface area contributed by atoms with Crippen LogP contribution in [-0.4, -0.2) is 43.3 Å². The van der Waals surface area contributed by atoms with E-state index in [4.69, 9.17) is 14.6 Å². The molecule has 1 aliphatic rings. The summed E-state index contributed by atoms with van der Waals surface area (Å²) in [6.07, 6.45) is 1.45. The number of ether oxygens (including phenoxy) is 2. The van der Waals surface area contributed by atoms with E-state index in [9.17, 15) is 4.79 Å². The van der Waals surface area contributed by atoms with Crippen LogP contribution in [0.2, 0.25) is 0 Å². The van der Waals surface area contributed by atoms with E-state index in [2.05, 4.69) is 4.90 Å². The Balaban J connectivity index is 0.00000220. The molecule has 0 bridgehead atoms. The first kappa shape index (κ1) is 17.6. The molecular formula is C15H22ClNO4. The summed E-state index contributed by atoms with van der Waals surface area (Å²) in [6, 6.07) is 5.89. The smallest absolute Gasteiger partial charge is 0.306 e. The van der Waals surface area contributed by atoms with Crippen LogP contribution in [0.5, 0.6) is 11.5 Å². The Morgan fingerprint density at radius 3 is 2.38 bits per heavy atom. The molecular weight excluding hydrogens is 294 g/mol. The summed E-state index contributed by atoms with van der Waals surface area (Å²) < 4.78 is 10.5. The molecule has 0 saturated carbocycles. The molecule has 1 saturated heterocycles. The van der Waals surface area contributed by atoms with Gasteiger partial charge in [-0.1, -0.05) is 6.07 Å². The van der Waals surface area contributed by atoms with E-state index in [1.165, 1.54) is 0 Å². The predicted octanol–water partition coefficient (Wildman–Crippen LogP) is 2.42. The summed E-state index contributed by atoms with van der Waals surface area (Å²) in [6.45, 7) is 2.46. The molecule has 1 heterocycles. The lowest BCUT2D eigenvalue weighted by atomic mass is 9.97. The summed E-state index contributed by atoms with van der Waals surface area (Å²) >= 11 is 0. The van der Waals surface area contributed by atoms with Crippen LogP contribution in [0.1, 0.15) is 18.4 Å². The lowest BCUT2D eigenvalue weighted by Gasteiger charge is -2.30. The quantitative estimate of drug-likeness (QED) is 0.904. The van der Waals surface area contributed by atoms with Gasteiger partial charge in [0, 0.05) is 6.54 Å². The Labute approximate surface area is 131 Å². The molecule has 118 valence electrons. The molecule has 0 radical (unpaired) electrons. The molecule has 0 spiro atoms. The highest BCUT2D eigenvalue weighted by atomic mass is 35.5. The van der Waals surface area contributed by atoms with Crippen molar-refractivity contribution in [1.82, 2.24) is 4.90 Å². The first-order valence-electron chi connectivity index (χ1n) is 6.80. The SMILES string of the molecule is COc1ccc(CN2CCC(C(=O)O)CC2)cc1OC.Cl. The van der Waals surface area contributed by atoms with Crippen molar-refractivity contribution in [2.75, 3.05) is 27.3 Å². The highest BCUT2D eigenvalue weighted by Crippen LogP contribution is 2.28. The first-order chi connectivity index (χ1) is 9.63. The van der Waals surface area contributed by atoms with Crippen molar-refractivity contribution in [3.8, 4) is 11.5 Å². The minimum absolute atomic E-state index is 0. The maximum atomic E-state index is 10.9. The Hall–Kier alpha value is -1.46. The molecule has 1 aromatic carbocycles. The van der Waals surface area contributed by atoms with Gasteiger partial charge in [-0.3, -0.25) is 9.69 Å². The zero-order valence-electron chi connectivity index (χ0n) is 12.4. The molecule has 5 nitrogen and oxygen atoms in total. The number of hydrogen-bond donors (Lipinski definition) is 1. The van der Waals surface area contributed by atoms with Gasteiger partial charge in [0.15, 0.2) is 11.5 Å². The van der Waals surface area contributed by atoms with Gasteiger partial charge in [0.2, 0.25) is 0 Å². The van der Waals surface area contributed by atoms with Gasteiger partial charge in [-0.25, -0.2) is 0 Å². The number of halogens is 1. The summed E-state index contributed by atoms with van der Waals surface area (Å²) in [5, 5.41) is 8.99. The summed E-state index contributed by atoms with van der Waals surface area (Å²) in [7, 11) is 3.24. The van der Waals surface area contributed by atoms with Crippen molar-refractivity contribution in [3.05, 3.63) is 23.8 Å². The number of benzene rings is 1. The second-order valence-electron chi connectivity index (χ2n) is 5.08. The molecule has 0 aliphatic carbocycles. The maximum Gasteiger partial charge on any atom is 0.306 e. The zero-order valence-corrected chi connectivity index (χ0v) is 13.2. The lowest BCUT2D eigenvalue weighted by molar-refractivity contribution is -0.143. The van der Waals surface area contributed by atoms with Crippen LogP contribution in [0, 0.1) is 5.92 Å². The van der Waals surface area contributed by atoms with E-state index in [-0.39, 0.29) is 18.3 Å². The fourth-order valence-corrected chi connectivity index (χ4v) is 2.58. The number of hydrogen-bond acceptors (Lipinski definition) is 4. The average molecular weight is 316 g/mol. The van der Waals surface area contributed by atoms with E-state index in [1.54, 1.807) is 14.2 Å². The fraction of sp³-hybridized carbons (Fsp3) is 0.533. The van der Waals surface area contributed by atoms with Crippen LogP contribution in [-0.2, 0) is 11.3 Å². The molecule has 1 aliphatic heterocycles. The zero-order chi connectivity index (χ0) is 14.5. The number of rotatable bonds is 5. The van der Waals surface area contributed by atoms with Crippen molar-refractivity contribution in [2.24, 2.45) is 5.92 Å². The Morgan fingerprint density at radius 1 is 1.24 bits per heavy atom. The van der Waals surface area contributed by atoms with Gasteiger partial charge >= 0.3 is 5.97 Å². The third kappa shape index (κ3) is 4.51. The molecule has 0 amide bonds. The molecule has 2 rings (SSSR count). The topological polar surface area (TPSA) is 59.0 Å². The minimum Gasteiger partial charge on any atom is -0.493 e. The van der Waals surface area contributed by atoms with Crippen LogP contribution in [0.15, 0.2) is 18.2 Å². The number of likely N-dealkylation sites (tertiary alicyclic amines) is 1. The minimum atomic E-state index is -0.671. The third-order valence-corrected chi connectivity index (χ3v) is 3.79. The number of carbonyl (C=O) groups is 1. The molecule has 0 unspecified atom stereocenters. The van der Waals surface area contributed by atoms with E-state index in [0.717, 1.165) is 49.5 Å². The van der Waals surface area contributed by atoms with Gasteiger partial charge in [0.1, 0.15) is 0 Å². The number of piperidine rings is 1. The molecule has 0 aromatic heterocycles. The Bertz CT molecular complexity index is 473. The number of methoxy groups -OCH3 is 2. The number of carboxylic acids is 1. The molecule has 1 aromatic rings. The lowest BCUT2D eigenvalue weighted by Crippen LogP contribution is -2.35. The van der Waals surface area contributed by atoms with E-state index in [0.29, 0.717) is 0 Å². The van der Waals surface area contributed by atoms with Crippen LogP contribution >= 0.6 is 12.4 Å². The highest BCUT2D eigenvalue weighted by molar-refractivity contribution is 5.85. The summed E-state index contributed by atoms with van der Waals surface area (Å²) in [5.74, 6) is 0.596.